The Morgan fingerprint density at radius 1 is 1.10 bits per heavy atom. The Hall–Kier alpha value is -2.29. The fourth-order valence-electron chi connectivity index (χ4n) is 2.12. The molecule has 110 valence electrons. The molecular weight excluding hydrogens is 262 g/mol. The second-order valence-electron chi connectivity index (χ2n) is 4.88. The highest BCUT2D eigenvalue weighted by atomic mass is 16.5. The van der Waals surface area contributed by atoms with Crippen molar-refractivity contribution in [2.75, 3.05) is 18.5 Å². The predicted molar refractivity (Wildman–Crippen MR) is 85.7 cm³/mol. The summed E-state index contributed by atoms with van der Waals surface area (Å²) < 4.78 is 5.23. The van der Waals surface area contributed by atoms with E-state index in [0.717, 1.165) is 18.5 Å². The Balaban J connectivity index is 1.74. The minimum absolute atomic E-state index is 0.280. The van der Waals surface area contributed by atoms with Crippen molar-refractivity contribution < 1.29 is 9.53 Å². The molecular formula is C18H21NO2. The van der Waals surface area contributed by atoms with Gasteiger partial charge in [0.15, 0.2) is 0 Å². The van der Waals surface area contributed by atoms with Crippen LogP contribution in [0.5, 0.6) is 0 Å². The van der Waals surface area contributed by atoms with E-state index in [2.05, 4.69) is 24.4 Å². The number of rotatable bonds is 7. The van der Waals surface area contributed by atoms with E-state index in [9.17, 15) is 4.79 Å². The quantitative estimate of drug-likeness (QED) is 0.618. The monoisotopic (exact) mass is 283 g/mol. The first-order chi connectivity index (χ1) is 10.3. The number of carbonyl (C=O) groups is 1. The van der Waals surface area contributed by atoms with Gasteiger partial charge in [0.1, 0.15) is 6.61 Å². The smallest absolute Gasteiger partial charge is 0.338 e. The zero-order chi connectivity index (χ0) is 14.9. The second kappa shape index (κ2) is 8.10. The number of nitrogens with one attached hydrogen (secondary N) is 1. The van der Waals surface area contributed by atoms with Gasteiger partial charge < -0.3 is 10.1 Å². The summed E-state index contributed by atoms with van der Waals surface area (Å²) in [6.45, 7) is 3.13. The first-order valence-corrected chi connectivity index (χ1v) is 7.34. The van der Waals surface area contributed by atoms with E-state index in [4.69, 9.17) is 4.74 Å². The molecule has 0 amide bonds. The van der Waals surface area contributed by atoms with Crippen LogP contribution in [0.1, 0.15) is 29.3 Å². The Kier molecular flexibility index (Phi) is 5.83. The fourth-order valence-corrected chi connectivity index (χ4v) is 2.12. The summed E-state index contributed by atoms with van der Waals surface area (Å²) in [4.78, 5) is 11.7. The molecule has 0 atom stereocenters. The van der Waals surface area contributed by atoms with E-state index in [1.807, 2.05) is 30.3 Å². The third-order valence-corrected chi connectivity index (χ3v) is 3.14. The van der Waals surface area contributed by atoms with E-state index < -0.39 is 0 Å². The van der Waals surface area contributed by atoms with Crippen LogP contribution in [0.2, 0.25) is 0 Å². The third kappa shape index (κ3) is 4.95. The fraction of sp³-hybridized carbons (Fsp3) is 0.278. The second-order valence-corrected chi connectivity index (χ2v) is 4.88. The number of esters is 1. The normalized spacial score (nSPS) is 10.1. The molecule has 0 saturated heterocycles. The zero-order valence-electron chi connectivity index (χ0n) is 12.3. The molecule has 0 saturated carbocycles. The van der Waals surface area contributed by atoms with Crippen LogP contribution in [0.25, 0.3) is 0 Å². The summed E-state index contributed by atoms with van der Waals surface area (Å²) in [5, 5.41) is 3.27. The van der Waals surface area contributed by atoms with Crippen molar-refractivity contribution in [1.82, 2.24) is 0 Å². The van der Waals surface area contributed by atoms with Crippen molar-refractivity contribution in [3.63, 3.8) is 0 Å². The van der Waals surface area contributed by atoms with E-state index >= 15 is 0 Å². The van der Waals surface area contributed by atoms with Crippen LogP contribution in [0, 0.1) is 0 Å². The number of aryl methyl sites for hydroxylation is 1. The Morgan fingerprint density at radius 3 is 2.67 bits per heavy atom. The summed E-state index contributed by atoms with van der Waals surface area (Å²) in [5.74, 6) is -0.280. The minimum Gasteiger partial charge on any atom is -0.460 e. The van der Waals surface area contributed by atoms with E-state index in [1.165, 1.54) is 5.56 Å². The molecule has 0 heterocycles. The summed E-state index contributed by atoms with van der Waals surface area (Å²) in [7, 11) is 0. The van der Waals surface area contributed by atoms with Gasteiger partial charge in [0.2, 0.25) is 0 Å². The lowest BCUT2D eigenvalue weighted by Crippen LogP contribution is -2.14. The minimum atomic E-state index is -0.280. The summed E-state index contributed by atoms with van der Waals surface area (Å²) in [6.07, 6.45) is 2.22. The first-order valence-electron chi connectivity index (χ1n) is 7.34. The number of benzene rings is 2. The highest BCUT2D eigenvalue weighted by Gasteiger charge is 2.04. The molecule has 1 N–H and O–H groups in total. The van der Waals surface area contributed by atoms with Gasteiger partial charge in [-0.05, 0) is 36.2 Å². The Bertz CT molecular complexity index is 566. The Labute approximate surface area is 126 Å². The summed E-state index contributed by atoms with van der Waals surface area (Å²) in [5.41, 5.74) is 2.97. The molecule has 21 heavy (non-hydrogen) atoms. The molecule has 0 aliphatic heterocycles. The van der Waals surface area contributed by atoms with Crippen LogP contribution in [0.4, 0.5) is 5.69 Å². The molecule has 0 fully saturated rings. The van der Waals surface area contributed by atoms with Crippen molar-refractivity contribution in [3.8, 4) is 0 Å². The number of anilines is 1. The maximum Gasteiger partial charge on any atom is 0.338 e. The molecule has 3 nitrogen and oxygen atoms in total. The van der Waals surface area contributed by atoms with Crippen molar-refractivity contribution in [2.45, 2.75) is 19.8 Å². The maximum absolute atomic E-state index is 11.7. The van der Waals surface area contributed by atoms with Gasteiger partial charge >= 0.3 is 5.97 Å². The SMILES string of the molecule is CCCc1cccc(NCCOC(=O)c2ccccc2)c1. The zero-order valence-corrected chi connectivity index (χ0v) is 12.3. The number of ether oxygens (including phenoxy) is 1. The molecule has 0 radical (unpaired) electrons. The van der Waals surface area contributed by atoms with Gasteiger partial charge in [0.25, 0.3) is 0 Å². The van der Waals surface area contributed by atoms with Gasteiger partial charge in [-0.2, -0.15) is 0 Å². The highest BCUT2D eigenvalue weighted by molar-refractivity contribution is 5.89. The van der Waals surface area contributed by atoms with E-state index in [-0.39, 0.29) is 5.97 Å². The number of hydrogen-bond donors (Lipinski definition) is 1. The molecule has 2 rings (SSSR count). The first kappa shape index (κ1) is 15.1. The van der Waals surface area contributed by atoms with Crippen molar-refractivity contribution >= 4 is 11.7 Å². The van der Waals surface area contributed by atoms with Crippen LogP contribution in [0.15, 0.2) is 54.6 Å². The molecule has 2 aromatic carbocycles. The number of hydrogen-bond acceptors (Lipinski definition) is 3. The van der Waals surface area contributed by atoms with Crippen molar-refractivity contribution in [3.05, 3.63) is 65.7 Å². The van der Waals surface area contributed by atoms with Gasteiger partial charge in [-0.1, -0.05) is 43.7 Å². The van der Waals surface area contributed by atoms with Crippen LogP contribution in [0.3, 0.4) is 0 Å². The van der Waals surface area contributed by atoms with Crippen molar-refractivity contribution in [1.29, 1.82) is 0 Å². The molecule has 2 aromatic rings. The topological polar surface area (TPSA) is 38.3 Å². The molecule has 0 aliphatic rings. The predicted octanol–water partition coefficient (Wildman–Crippen LogP) is 3.91. The average molecular weight is 283 g/mol. The standard InChI is InChI=1S/C18H21NO2/c1-2-7-15-8-6-11-17(14-15)19-12-13-21-18(20)16-9-4-3-5-10-16/h3-6,8-11,14,19H,2,7,12-13H2,1H3. The molecule has 0 bridgehead atoms. The van der Waals surface area contributed by atoms with Crippen LogP contribution in [-0.2, 0) is 11.2 Å². The van der Waals surface area contributed by atoms with E-state index in [1.54, 1.807) is 12.1 Å². The maximum atomic E-state index is 11.7. The van der Waals surface area contributed by atoms with Crippen LogP contribution in [-0.4, -0.2) is 19.1 Å². The summed E-state index contributed by atoms with van der Waals surface area (Å²) in [6, 6.07) is 17.4. The van der Waals surface area contributed by atoms with Crippen LogP contribution < -0.4 is 5.32 Å². The molecule has 3 heteroatoms. The van der Waals surface area contributed by atoms with Gasteiger partial charge in [-0.25, -0.2) is 4.79 Å². The van der Waals surface area contributed by atoms with Gasteiger partial charge in [-0.15, -0.1) is 0 Å². The van der Waals surface area contributed by atoms with E-state index in [0.29, 0.717) is 18.7 Å². The largest absolute Gasteiger partial charge is 0.460 e. The van der Waals surface area contributed by atoms with Gasteiger partial charge in [-0.3, -0.25) is 0 Å². The average Bonchev–Trinajstić information content (AvgIpc) is 2.53. The molecule has 0 aliphatic carbocycles. The lowest BCUT2D eigenvalue weighted by molar-refractivity contribution is 0.0520. The van der Waals surface area contributed by atoms with Gasteiger partial charge in [0.05, 0.1) is 5.56 Å². The number of carbonyl (C=O) groups excluding carboxylic acids is 1. The molecule has 0 aromatic heterocycles. The third-order valence-electron chi connectivity index (χ3n) is 3.14. The van der Waals surface area contributed by atoms with Crippen LogP contribution >= 0.6 is 0 Å². The van der Waals surface area contributed by atoms with Crippen molar-refractivity contribution in [2.24, 2.45) is 0 Å². The highest BCUT2D eigenvalue weighted by Crippen LogP contribution is 2.11. The lowest BCUT2D eigenvalue weighted by atomic mass is 10.1. The Morgan fingerprint density at radius 2 is 1.90 bits per heavy atom. The molecule has 0 spiro atoms. The molecule has 0 unspecified atom stereocenters. The summed E-state index contributed by atoms with van der Waals surface area (Å²) >= 11 is 0. The lowest BCUT2D eigenvalue weighted by Gasteiger charge is -2.09. The van der Waals surface area contributed by atoms with Gasteiger partial charge in [0, 0.05) is 12.2 Å².